The Balaban J connectivity index is 1.70. The molecule has 1 atom stereocenters. The Morgan fingerprint density at radius 3 is 2.61 bits per heavy atom. The van der Waals surface area contributed by atoms with Crippen LogP contribution in [-0.4, -0.2) is 36.3 Å². The number of nitrogens with zero attached hydrogens (tertiary/aromatic N) is 1. The monoisotopic (exact) mass is 320 g/mol. The highest BCUT2D eigenvalue weighted by Crippen LogP contribution is 2.21. The number of rotatable bonds is 6. The molecule has 1 unspecified atom stereocenters. The fourth-order valence-corrected chi connectivity index (χ4v) is 2.95. The minimum Gasteiger partial charge on any atom is -0.356 e. The average Bonchev–Trinajstić information content (AvgIpc) is 2.55. The first-order valence-corrected chi connectivity index (χ1v) is 8.37. The van der Waals surface area contributed by atoms with Gasteiger partial charge in [0.25, 0.3) is 0 Å². The summed E-state index contributed by atoms with van der Waals surface area (Å²) in [7, 11) is 0. The van der Waals surface area contributed by atoms with Crippen molar-refractivity contribution in [2.45, 2.75) is 44.9 Å². The van der Waals surface area contributed by atoms with Gasteiger partial charge in [-0.2, -0.15) is 0 Å². The van der Waals surface area contributed by atoms with Gasteiger partial charge in [-0.25, -0.2) is 4.39 Å². The van der Waals surface area contributed by atoms with Gasteiger partial charge in [0.15, 0.2) is 0 Å². The summed E-state index contributed by atoms with van der Waals surface area (Å²) >= 11 is 0. The van der Waals surface area contributed by atoms with Crippen LogP contribution in [0.15, 0.2) is 24.3 Å². The van der Waals surface area contributed by atoms with Crippen LogP contribution in [0.2, 0.25) is 0 Å². The number of benzene rings is 1. The van der Waals surface area contributed by atoms with E-state index in [1.165, 1.54) is 12.5 Å². The molecule has 0 aromatic heterocycles. The first-order valence-electron chi connectivity index (χ1n) is 8.37. The largest absolute Gasteiger partial charge is 0.356 e. The second-order valence-electron chi connectivity index (χ2n) is 6.17. The molecule has 4 nitrogen and oxygen atoms in total. The van der Waals surface area contributed by atoms with Crippen LogP contribution in [0.3, 0.4) is 0 Å². The summed E-state index contributed by atoms with van der Waals surface area (Å²) in [6.07, 6.45) is 3.88. The van der Waals surface area contributed by atoms with Crippen molar-refractivity contribution in [3.63, 3.8) is 0 Å². The molecule has 1 aliphatic rings. The highest BCUT2D eigenvalue weighted by molar-refractivity contribution is 5.79. The van der Waals surface area contributed by atoms with Crippen LogP contribution in [0.5, 0.6) is 0 Å². The molecule has 1 fully saturated rings. The minimum atomic E-state index is -0.284. The van der Waals surface area contributed by atoms with E-state index in [0.29, 0.717) is 18.5 Å². The number of piperidine rings is 1. The molecule has 0 spiro atoms. The van der Waals surface area contributed by atoms with Crippen LogP contribution in [0, 0.1) is 5.82 Å². The molecule has 2 rings (SSSR count). The second-order valence-corrected chi connectivity index (χ2v) is 6.17. The predicted molar refractivity (Wildman–Crippen MR) is 87.5 cm³/mol. The van der Waals surface area contributed by atoms with Crippen molar-refractivity contribution in [3.8, 4) is 0 Å². The van der Waals surface area contributed by atoms with Crippen LogP contribution in [-0.2, 0) is 9.59 Å². The molecular formula is C18H25FN2O2. The molecule has 1 N–H and O–H groups in total. The molecule has 2 amide bonds. The van der Waals surface area contributed by atoms with E-state index in [2.05, 4.69) is 5.32 Å². The lowest BCUT2D eigenvalue weighted by Crippen LogP contribution is -2.37. The minimum absolute atomic E-state index is 0.104. The summed E-state index contributed by atoms with van der Waals surface area (Å²) in [6.45, 7) is 3.84. The standard InChI is InChI=1S/C18H25FN2O2/c1-14(15-7-3-4-8-16(15)19)13-17(22)20-10-9-18(23)21-11-5-2-6-12-21/h3-4,7-8,14H,2,5-6,9-13H2,1H3,(H,20,22). The SMILES string of the molecule is CC(CC(=O)NCCC(=O)N1CCCCC1)c1ccccc1F. The lowest BCUT2D eigenvalue weighted by atomic mass is 9.97. The zero-order chi connectivity index (χ0) is 16.7. The third-order valence-corrected chi connectivity index (χ3v) is 4.30. The fourth-order valence-electron chi connectivity index (χ4n) is 2.95. The van der Waals surface area contributed by atoms with Gasteiger partial charge in [0, 0.05) is 32.5 Å². The van der Waals surface area contributed by atoms with Gasteiger partial charge in [-0.3, -0.25) is 9.59 Å². The number of carbonyl (C=O) groups excluding carboxylic acids is 2. The molecule has 5 heteroatoms. The van der Waals surface area contributed by atoms with E-state index in [0.717, 1.165) is 25.9 Å². The molecule has 23 heavy (non-hydrogen) atoms. The molecule has 1 heterocycles. The van der Waals surface area contributed by atoms with Crippen molar-refractivity contribution in [2.75, 3.05) is 19.6 Å². The number of amides is 2. The van der Waals surface area contributed by atoms with Crippen molar-refractivity contribution in [3.05, 3.63) is 35.6 Å². The van der Waals surface area contributed by atoms with E-state index < -0.39 is 0 Å². The van der Waals surface area contributed by atoms with E-state index in [9.17, 15) is 14.0 Å². The zero-order valence-electron chi connectivity index (χ0n) is 13.7. The maximum atomic E-state index is 13.7. The molecule has 1 aromatic rings. The second kappa shape index (κ2) is 8.65. The normalized spacial score (nSPS) is 16.0. The maximum absolute atomic E-state index is 13.7. The van der Waals surface area contributed by atoms with Crippen molar-refractivity contribution in [2.24, 2.45) is 0 Å². The Morgan fingerprint density at radius 2 is 1.91 bits per heavy atom. The van der Waals surface area contributed by atoms with Gasteiger partial charge in [0.2, 0.25) is 11.8 Å². The molecule has 126 valence electrons. The average molecular weight is 320 g/mol. The molecular weight excluding hydrogens is 295 g/mol. The quantitative estimate of drug-likeness (QED) is 0.876. The maximum Gasteiger partial charge on any atom is 0.224 e. The summed E-state index contributed by atoms with van der Waals surface area (Å²) in [5.41, 5.74) is 0.548. The summed E-state index contributed by atoms with van der Waals surface area (Å²) in [5, 5.41) is 2.76. The lowest BCUT2D eigenvalue weighted by molar-refractivity contribution is -0.132. The van der Waals surface area contributed by atoms with Crippen LogP contribution < -0.4 is 5.32 Å². The van der Waals surface area contributed by atoms with Gasteiger partial charge >= 0.3 is 0 Å². The Hall–Kier alpha value is -1.91. The van der Waals surface area contributed by atoms with Crippen LogP contribution in [0.4, 0.5) is 4.39 Å². The third kappa shape index (κ3) is 5.34. The zero-order valence-corrected chi connectivity index (χ0v) is 13.7. The van der Waals surface area contributed by atoms with Gasteiger partial charge in [-0.05, 0) is 36.8 Å². The number of halogens is 1. The Labute approximate surface area is 137 Å². The number of nitrogens with one attached hydrogen (secondary N) is 1. The molecule has 0 radical (unpaired) electrons. The molecule has 1 aliphatic heterocycles. The van der Waals surface area contributed by atoms with Gasteiger partial charge in [-0.15, -0.1) is 0 Å². The summed E-state index contributed by atoms with van der Waals surface area (Å²) in [4.78, 5) is 25.8. The lowest BCUT2D eigenvalue weighted by Gasteiger charge is -2.26. The van der Waals surface area contributed by atoms with Crippen molar-refractivity contribution >= 4 is 11.8 Å². The Bertz CT molecular complexity index is 542. The van der Waals surface area contributed by atoms with E-state index >= 15 is 0 Å². The summed E-state index contributed by atoms with van der Waals surface area (Å²) < 4.78 is 13.7. The predicted octanol–water partition coefficient (Wildman–Crippen LogP) is 2.84. The van der Waals surface area contributed by atoms with Crippen LogP contribution in [0.25, 0.3) is 0 Å². The first-order chi connectivity index (χ1) is 11.1. The highest BCUT2D eigenvalue weighted by atomic mass is 19.1. The van der Waals surface area contributed by atoms with Crippen molar-refractivity contribution in [1.82, 2.24) is 10.2 Å². The number of hydrogen-bond acceptors (Lipinski definition) is 2. The Morgan fingerprint density at radius 1 is 1.22 bits per heavy atom. The van der Waals surface area contributed by atoms with Gasteiger partial charge in [-0.1, -0.05) is 25.1 Å². The van der Waals surface area contributed by atoms with E-state index in [4.69, 9.17) is 0 Å². The molecule has 1 saturated heterocycles. The third-order valence-electron chi connectivity index (χ3n) is 4.30. The summed E-state index contributed by atoms with van der Waals surface area (Å²) in [6, 6.07) is 6.51. The summed E-state index contributed by atoms with van der Waals surface area (Å²) in [5.74, 6) is -0.513. The van der Waals surface area contributed by atoms with E-state index in [1.807, 2.05) is 11.8 Å². The van der Waals surface area contributed by atoms with Gasteiger partial charge < -0.3 is 10.2 Å². The van der Waals surface area contributed by atoms with Crippen LogP contribution in [0.1, 0.15) is 50.5 Å². The first kappa shape index (κ1) is 17.4. The van der Waals surface area contributed by atoms with Gasteiger partial charge in [0.1, 0.15) is 5.82 Å². The number of likely N-dealkylation sites (tertiary alicyclic amines) is 1. The fraction of sp³-hybridized carbons (Fsp3) is 0.556. The Kier molecular flexibility index (Phi) is 6.56. The van der Waals surface area contributed by atoms with Crippen LogP contribution >= 0.6 is 0 Å². The highest BCUT2D eigenvalue weighted by Gasteiger charge is 2.17. The van der Waals surface area contributed by atoms with E-state index in [-0.39, 0.29) is 30.0 Å². The van der Waals surface area contributed by atoms with Gasteiger partial charge in [0.05, 0.1) is 0 Å². The number of carbonyl (C=O) groups is 2. The number of hydrogen-bond donors (Lipinski definition) is 1. The molecule has 1 aromatic carbocycles. The van der Waals surface area contributed by atoms with Crippen molar-refractivity contribution < 1.29 is 14.0 Å². The van der Waals surface area contributed by atoms with Crippen molar-refractivity contribution in [1.29, 1.82) is 0 Å². The smallest absolute Gasteiger partial charge is 0.224 e. The topological polar surface area (TPSA) is 49.4 Å². The molecule has 0 bridgehead atoms. The molecule has 0 saturated carbocycles. The van der Waals surface area contributed by atoms with E-state index in [1.54, 1.807) is 18.2 Å². The molecule has 0 aliphatic carbocycles.